The minimum Gasteiger partial charge on any atom is -0.326 e. The summed E-state index contributed by atoms with van der Waals surface area (Å²) in [5.74, 6) is -0.207. The van der Waals surface area contributed by atoms with Crippen LogP contribution in [0.15, 0.2) is 24.3 Å². The number of nitrogens with zero attached hydrogens (tertiary/aromatic N) is 2. The Morgan fingerprint density at radius 2 is 1.70 bits per heavy atom. The van der Waals surface area contributed by atoms with Crippen LogP contribution in [0.2, 0.25) is 0 Å². The van der Waals surface area contributed by atoms with Crippen molar-refractivity contribution in [1.82, 2.24) is 9.80 Å². The highest BCUT2D eigenvalue weighted by atomic mass is 19.1. The minimum atomic E-state index is -0.207. The Bertz CT molecular complexity index is 389. The number of likely N-dealkylation sites (N-methyl/N-ethyl adjacent to an activating group) is 2. The van der Waals surface area contributed by atoms with E-state index in [4.69, 9.17) is 5.73 Å². The summed E-state index contributed by atoms with van der Waals surface area (Å²) in [7, 11) is 4.15. The lowest BCUT2D eigenvalue weighted by Crippen LogP contribution is -2.47. The van der Waals surface area contributed by atoms with Crippen LogP contribution in [-0.4, -0.2) is 49.1 Å². The van der Waals surface area contributed by atoms with Gasteiger partial charge in [0.15, 0.2) is 0 Å². The second-order valence-electron chi connectivity index (χ2n) is 5.80. The molecule has 3 nitrogen and oxygen atoms in total. The summed E-state index contributed by atoms with van der Waals surface area (Å²) in [6.07, 6.45) is 0. The lowest BCUT2D eigenvalue weighted by atomic mass is 9.97. The van der Waals surface area contributed by atoms with Gasteiger partial charge < -0.3 is 10.6 Å². The van der Waals surface area contributed by atoms with Crippen LogP contribution in [0.25, 0.3) is 0 Å². The van der Waals surface area contributed by atoms with E-state index in [0.717, 1.165) is 18.7 Å². The van der Waals surface area contributed by atoms with Crippen LogP contribution in [0.1, 0.15) is 32.4 Å². The predicted molar refractivity (Wildman–Crippen MR) is 83.2 cm³/mol. The Balaban J connectivity index is 3.00. The highest BCUT2D eigenvalue weighted by molar-refractivity contribution is 5.21. The summed E-state index contributed by atoms with van der Waals surface area (Å²) in [6, 6.07) is 7.18. The standard InChI is InChI=1S/C16H28FN3/c1-6-20(12(2)11-19(4)5)16(13(3)18)14-7-9-15(17)10-8-14/h7-10,12-13,16H,6,11,18H2,1-5H3. The third-order valence-electron chi connectivity index (χ3n) is 3.63. The number of halogens is 1. The van der Waals surface area contributed by atoms with Crippen LogP contribution in [0.5, 0.6) is 0 Å². The number of hydrogen-bond donors (Lipinski definition) is 1. The van der Waals surface area contributed by atoms with E-state index in [1.807, 2.05) is 19.1 Å². The van der Waals surface area contributed by atoms with Gasteiger partial charge in [0.05, 0.1) is 0 Å². The summed E-state index contributed by atoms with van der Waals surface area (Å²) < 4.78 is 13.1. The van der Waals surface area contributed by atoms with Crippen LogP contribution in [0, 0.1) is 5.82 Å². The average molecular weight is 281 g/mol. The van der Waals surface area contributed by atoms with Gasteiger partial charge in [-0.1, -0.05) is 19.1 Å². The lowest BCUT2D eigenvalue weighted by molar-refractivity contribution is 0.114. The van der Waals surface area contributed by atoms with Gasteiger partial charge in [-0.05, 0) is 52.2 Å². The third-order valence-corrected chi connectivity index (χ3v) is 3.63. The topological polar surface area (TPSA) is 32.5 Å². The fourth-order valence-corrected chi connectivity index (χ4v) is 2.87. The quantitative estimate of drug-likeness (QED) is 0.833. The van der Waals surface area contributed by atoms with E-state index < -0.39 is 0 Å². The van der Waals surface area contributed by atoms with E-state index in [2.05, 4.69) is 37.7 Å². The fraction of sp³-hybridized carbons (Fsp3) is 0.625. The normalized spacial score (nSPS) is 16.4. The van der Waals surface area contributed by atoms with Crippen LogP contribution in [0.4, 0.5) is 4.39 Å². The third kappa shape index (κ3) is 4.54. The van der Waals surface area contributed by atoms with Crippen molar-refractivity contribution < 1.29 is 4.39 Å². The first-order chi connectivity index (χ1) is 9.36. The Labute approximate surface area is 122 Å². The molecule has 2 N–H and O–H groups in total. The zero-order valence-corrected chi connectivity index (χ0v) is 13.3. The smallest absolute Gasteiger partial charge is 0.123 e. The highest BCUT2D eigenvalue weighted by Gasteiger charge is 2.27. The van der Waals surface area contributed by atoms with Gasteiger partial charge in [0, 0.05) is 24.7 Å². The van der Waals surface area contributed by atoms with Gasteiger partial charge in [0.1, 0.15) is 5.82 Å². The first-order valence-electron chi connectivity index (χ1n) is 7.28. The van der Waals surface area contributed by atoms with Crippen LogP contribution >= 0.6 is 0 Å². The van der Waals surface area contributed by atoms with Gasteiger partial charge in [0.25, 0.3) is 0 Å². The molecule has 0 aliphatic carbocycles. The van der Waals surface area contributed by atoms with Crippen molar-refractivity contribution in [1.29, 1.82) is 0 Å². The Kier molecular flexibility index (Phi) is 6.59. The van der Waals surface area contributed by atoms with Crippen molar-refractivity contribution in [3.63, 3.8) is 0 Å². The summed E-state index contributed by atoms with van der Waals surface area (Å²) in [4.78, 5) is 4.56. The molecule has 0 heterocycles. The summed E-state index contributed by atoms with van der Waals surface area (Å²) >= 11 is 0. The SMILES string of the molecule is CCN(C(C)CN(C)C)C(c1ccc(F)cc1)C(C)N. The molecule has 0 bridgehead atoms. The van der Waals surface area contributed by atoms with Gasteiger partial charge >= 0.3 is 0 Å². The van der Waals surface area contributed by atoms with Gasteiger partial charge in [-0.15, -0.1) is 0 Å². The molecule has 1 aromatic carbocycles. The Hall–Kier alpha value is -0.970. The van der Waals surface area contributed by atoms with Gasteiger partial charge in [0.2, 0.25) is 0 Å². The zero-order chi connectivity index (χ0) is 15.3. The number of benzene rings is 1. The molecule has 114 valence electrons. The van der Waals surface area contributed by atoms with Crippen molar-refractivity contribution >= 4 is 0 Å². The maximum atomic E-state index is 13.1. The first kappa shape index (κ1) is 17.1. The fourth-order valence-electron chi connectivity index (χ4n) is 2.87. The second-order valence-corrected chi connectivity index (χ2v) is 5.80. The first-order valence-corrected chi connectivity index (χ1v) is 7.28. The van der Waals surface area contributed by atoms with E-state index in [1.165, 1.54) is 12.1 Å². The molecule has 0 aliphatic heterocycles. The number of nitrogens with two attached hydrogens (primary N) is 1. The second kappa shape index (κ2) is 7.72. The molecule has 0 saturated heterocycles. The number of rotatable bonds is 7. The van der Waals surface area contributed by atoms with E-state index in [0.29, 0.717) is 6.04 Å². The molecule has 3 atom stereocenters. The van der Waals surface area contributed by atoms with Crippen molar-refractivity contribution in [2.75, 3.05) is 27.2 Å². The molecule has 20 heavy (non-hydrogen) atoms. The van der Waals surface area contributed by atoms with Crippen LogP contribution in [0.3, 0.4) is 0 Å². The van der Waals surface area contributed by atoms with Crippen molar-refractivity contribution in [2.45, 2.75) is 38.9 Å². The van der Waals surface area contributed by atoms with Crippen molar-refractivity contribution in [3.8, 4) is 0 Å². The molecule has 0 saturated carbocycles. The molecule has 1 aromatic rings. The summed E-state index contributed by atoms with van der Waals surface area (Å²) in [5, 5.41) is 0. The zero-order valence-electron chi connectivity index (χ0n) is 13.3. The van der Waals surface area contributed by atoms with Gasteiger partial charge in [-0.3, -0.25) is 4.90 Å². The molecule has 0 fully saturated rings. The van der Waals surface area contributed by atoms with Gasteiger partial charge in [-0.25, -0.2) is 4.39 Å². The molecule has 4 heteroatoms. The van der Waals surface area contributed by atoms with E-state index in [9.17, 15) is 4.39 Å². The van der Waals surface area contributed by atoms with Crippen molar-refractivity contribution in [3.05, 3.63) is 35.6 Å². The maximum absolute atomic E-state index is 13.1. The summed E-state index contributed by atoms with van der Waals surface area (Å²) in [5.41, 5.74) is 7.28. The highest BCUT2D eigenvalue weighted by Crippen LogP contribution is 2.26. The molecule has 0 radical (unpaired) electrons. The molecule has 0 aromatic heterocycles. The Morgan fingerprint density at radius 3 is 2.10 bits per heavy atom. The minimum absolute atomic E-state index is 0.00924. The molecular weight excluding hydrogens is 253 g/mol. The maximum Gasteiger partial charge on any atom is 0.123 e. The Morgan fingerprint density at radius 1 is 1.15 bits per heavy atom. The van der Waals surface area contributed by atoms with E-state index >= 15 is 0 Å². The van der Waals surface area contributed by atoms with Gasteiger partial charge in [-0.2, -0.15) is 0 Å². The molecule has 0 spiro atoms. The molecule has 0 aliphatic rings. The molecular formula is C16H28FN3. The van der Waals surface area contributed by atoms with Crippen LogP contribution < -0.4 is 5.73 Å². The van der Waals surface area contributed by atoms with E-state index in [1.54, 1.807) is 0 Å². The molecule has 1 rings (SSSR count). The van der Waals surface area contributed by atoms with Crippen molar-refractivity contribution in [2.24, 2.45) is 5.73 Å². The molecule has 0 amide bonds. The predicted octanol–water partition coefficient (Wildman–Crippen LogP) is 2.49. The average Bonchev–Trinajstić information content (AvgIpc) is 2.35. The monoisotopic (exact) mass is 281 g/mol. The number of hydrogen-bond acceptors (Lipinski definition) is 3. The van der Waals surface area contributed by atoms with E-state index in [-0.39, 0.29) is 17.9 Å². The summed E-state index contributed by atoms with van der Waals surface area (Å²) in [6.45, 7) is 8.25. The largest absolute Gasteiger partial charge is 0.326 e. The lowest BCUT2D eigenvalue weighted by Gasteiger charge is -2.39. The van der Waals surface area contributed by atoms with Crippen LogP contribution in [-0.2, 0) is 0 Å². The molecule has 3 unspecified atom stereocenters.